The molecule has 3 rings (SSSR count). The molecule has 0 saturated carbocycles. The van der Waals surface area contributed by atoms with Gasteiger partial charge in [-0.3, -0.25) is 19.7 Å². The van der Waals surface area contributed by atoms with E-state index < -0.39 is 10.8 Å². The number of aryl methyl sites for hydroxylation is 1. The number of amidine groups is 1. The molecule has 0 aromatic heterocycles. The molecule has 0 unspecified atom stereocenters. The van der Waals surface area contributed by atoms with Gasteiger partial charge in [0.05, 0.1) is 27.1 Å². The Hall–Kier alpha value is -2.97. The van der Waals surface area contributed by atoms with Gasteiger partial charge in [0.2, 0.25) is 0 Å². The van der Waals surface area contributed by atoms with Crippen molar-refractivity contribution in [3.63, 3.8) is 0 Å². The summed E-state index contributed by atoms with van der Waals surface area (Å²) in [5.74, 6) is -0.834. The lowest BCUT2D eigenvalue weighted by atomic mass is 10.2. The van der Waals surface area contributed by atoms with Crippen LogP contribution in [-0.2, 0) is 4.79 Å². The molecule has 0 fully saturated rings. The van der Waals surface area contributed by atoms with Crippen LogP contribution in [-0.4, -0.2) is 22.6 Å². The Bertz CT molecular complexity index is 983. The monoisotopic (exact) mass is 406 g/mol. The molecule has 0 radical (unpaired) electrons. The number of anilines is 1. The highest BCUT2D eigenvalue weighted by Gasteiger charge is 2.27. The van der Waals surface area contributed by atoms with Gasteiger partial charge in [0.25, 0.3) is 17.5 Å². The minimum absolute atomic E-state index is 0.0863. The normalized spacial score (nSPS) is 13.5. The fourth-order valence-corrected chi connectivity index (χ4v) is 2.87. The molecule has 2 aromatic carbocycles. The number of nitrogens with one attached hydrogen (secondary N) is 1. The van der Waals surface area contributed by atoms with Crippen LogP contribution in [0.15, 0.2) is 41.5 Å². The highest BCUT2D eigenvalue weighted by Crippen LogP contribution is 2.32. The lowest BCUT2D eigenvalue weighted by Crippen LogP contribution is -2.29. The van der Waals surface area contributed by atoms with Crippen molar-refractivity contribution in [1.82, 2.24) is 5.32 Å². The molecule has 2 aromatic rings. The van der Waals surface area contributed by atoms with E-state index >= 15 is 0 Å². The Morgan fingerprint density at radius 3 is 2.70 bits per heavy atom. The second-order valence-corrected chi connectivity index (χ2v) is 6.53. The van der Waals surface area contributed by atoms with Crippen molar-refractivity contribution < 1.29 is 14.5 Å². The second kappa shape index (κ2) is 7.34. The maximum absolute atomic E-state index is 12.3. The number of carbonyl (C=O) groups excluding carboxylic acids is 2. The minimum atomic E-state index is -0.600. The number of halogens is 2. The van der Waals surface area contributed by atoms with Crippen LogP contribution in [0, 0.1) is 17.0 Å². The molecule has 0 spiro atoms. The molecular formula is C17H12Cl2N4O4. The summed E-state index contributed by atoms with van der Waals surface area (Å²) in [4.78, 5) is 34.8. The van der Waals surface area contributed by atoms with Gasteiger partial charge in [-0.2, -0.15) is 10.1 Å². The number of nitrogens with zero attached hydrogens (tertiary/aromatic N) is 3. The number of amides is 2. The average Bonchev–Trinajstić information content (AvgIpc) is 2.99. The lowest BCUT2D eigenvalue weighted by molar-refractivity contribution is -0.384. The first kappa shape index (κ1) is 18.8. The van der Waals surface area contributed by atoms with Crippen LogP contribution in [0.1, 0.15) is 22.3 Å². The zero-order valence-corrected chi connectivity index (χ0v) is 15.4. The van der Waals surface area contributed by atoms with Crippen LogP contribution in [0.3, 0.4) is 0 Å². The third kappa shape index (κ3) is 3.91. The smallest absolute Gasteiger partial charge is 0.270 e. The van der Waals surface area contributed by atoms with Gasteiger partial charge in [0, 0.05) is 17.7 Å². The largest absolute Gasteiger partial charge is 0.308 e. The van der Waals surface area contributed by atoms with Crippen molar-refractivity contribution in [2.75, 3.05) is 5.01 Å². The van der Waals surface area contributed by atoms with Crippen LogP contribution in [0.5, 0.6) is 0 Å². The standard InChI is InChI=1S/C17H12Cl2N4O4/c1-9-5-12(7-13(18)16(9)19)22-15(24)8-14(21-22)20-17(25)10-3-2-4-11(6-10)23(26)27/h2-7H,8H2,1H3,(H,20,21,25). The molecule has 0 atom stereocenters. The third-order valence-electron chi connectivity index (χ3n) is 3.79. The van der Waals surface area contributed by atoms with E-state index in [0.29, 0.717) is 16.3 Å². The molecule has 8 nitrogen and oxygen atoms in total. The van der Waals surface area contributed by atoms with Crippen molar-refractivity contribution in [3.05, 3.63) is 67.7 Å². The predicted octanol–water partition coefficient (Wildman–Crippen LogP) is 3.69. The first-order valence-electron chi connectivity index (χ1n) is 7.68. The molecule has 138 valence electrons. The average molecular weight is 407 g/mol. The maximum atomic E-state index is 12.3. The number of non-ortho nitro benzene ring substituents is 1. The number of carbonyl (C=O) groups is 2. The zero-order chi connectivity index (χ0) is 19.7. The zero-order valence-electron chi connectivity index (χ0n) is 13.9. The molecule has 1 heterocycles. The van der Waals surface area contributed by atoms with Crippen LogP contribution < -0.4 is 10.3 Å². The highest BCUT2D eigenvalue weighted by molar-refractivity contribution is 6.42. The molecule has 0 aliphatic carbocycles. The summed E-state index contributed by atoms with van der Waals surface area (Å²) in [6.07, 6.45) is -0.125. The predicted molar refractivity (Wildman–Crippen MR) is 101 cm³/mol. The van der Waals surface area contributed by atoms with Crippen molar-refractivity contribution >= 4 is 52.2 Å². The van der Waals surface area contributed by atoms with Gasteiger partial charge in [-0.25, -0.2) is 0 Å². The number of hydrogen-bond acceptors (Lipinski definition) is 5. The molecule has 1 aliphatic heterocycles. The van der Waals surface area contributed by atoms with Gasteiger partial charge < -0.3 is 5.32 Å². The molecule has 1 aliphatic rings. The first-order valence-corrected chi connectivity index (χ1v) is 8.43. The summed E-state index contributed by atoms with van der Waals surface area (Å²) in [6.45, 7) is 1.74. The van der Waals surface area contributed by atoms with Gasteiger partial charge in [-0.1, -0.05) is 29.3 Å². The quantitative estimate of drug-likeness (QED) is 0.619. The van der Waals surface area contributed by atoms with Gasteiger partial charge >= 0.3 is 0 Å². The third-order valence-corrected chi connectivity index (χ3v) is 4.69. The van der Waals surface area contributed by atoms with Gasteiger partial charge in [0.1, 0.15) is 5.84 Å². The number of nitro groups is 1. The van der Waals surface area contributed by atoms with E-state index in [1.165, 1.54) is 24.3 Å². The van der Waals surface area contributed by atoms with Gasteiger partial charge in [-0.15, -0.1) is 0 Å². The number of benzene rings is 2. The second-order valence-electron chi connectivity index (χ2n) is 5.75. The summed E-state index contributed by atoms with van der Waals surface area (Å²) in [7, 11) is 0. The molecule has 0 bridgehead atoms. The van der Waals surface area contributed by atoms with Crippen LogP contribution in [0.2, 0.25) is 10.0 Å². The first-order chi connectivity index (χ1) is 12.8. The molecule has 2 amide bonds. The fourth-order valence-electron chi connectivity index (χ4n) is 2.50. The molecule has 10 heteroatoms. The van der Waals surface area contributed by atoms with Crippen LogP contribution in [0.25, 0.3) is 0 Å². The van der Waals surface area contributed by atoms with Gasteiger partial charge in [-0.05, 0) is 30.7 Å². The molecular weight excluding hydrogens is 395 g/mol. The summed E-state index contributed by atoms with van der Waals surface area (Å²) >= 11 is 12.1. The Balaban J connectivity index is 1.81. The Morgan fingerprint density at radius 1 is 1.30 bits per heavy atom. The fraction of sp³-hybridized carbons (Fsp3) is 0.118. The Kier molecular flexibility index (Phi) is 5.11. The molecule has 27 heavy (non-hydrogen) atoms. The van der Waals surface area contributed by atoms with Crippen LogP contribution >= 0.6 is 23.2 Å². The summed E-state index contributed by atoms with van der Waals surface area (Å²) < 4.78 is 0. The topological polar surface area (TPSA) is 105 Å². The van der Waals surface area contributed by atoms with E-state index in [-0.39, 0.29) is 34.4 Å². The van der Waals surface area contributed by atoms with E-state index in [0.717, 1.165) is 11.1 Å². The van der Waals surface area contributed by atoms with Crippen molar-refractivity contribution in [1.29, 1.82) is 0 Å². The van der Waals surface area contributed by atoms with E-state index in [2.05, 4.69) is 10.4 Å². The van der Waals surface area contributed by atoms with Gasteiger partial charge in [0.15, 0.2) is 0 Å². The Morgan fingerprint density at radius 2 is 2.04 bits per heavy atom. The van der Waals surface area contributed by atoms with Crippen molar-refractivity contribution in [3.8, 4) is 0 Å². The molecule has 0 saturated heterocycles. The van der Waals surface area contributed by atoms with E-state index in [1.54, 1.807) is 13.0 Å². The van der Waals surface area contributed by atoms with Crippen LogP contribution in [0.4, 0.5) is 11.4 Å². The Labute approximate surface area is 163 Å². The highest BCUT2D eigenvalue weighted by atomic mass is 35.5. The van der Waals surface area contributed by atoms with Crippen molar-refractivity contribution in [2.24, 2.45) is 5.10 Å². The summed E-state index contributed by atoms with van der Waals surface area (Å²) in [5.41, 5.74) is 0.978. The SMILES string of the molecule is Cc1cc(N2N=C(NC(=O)c3cccc([N+](=O)[O-])c3)CC2=O)cc(Cl)c1Cl. The van der Waals surface area contributed by atoms with E-state index in [1.807, 2.05) is 0 Å². The van der Waals surface area contributed by atoms with E-state index in [9.17, 15) is 19.7 Å². The number of hydrogen-bond donors (Lipinski definition) is 1. The maximum Gasteiger partial charge on any atom is 0.270 e. The summed E-state index contributed by atoms with van der Waals surface area (Å²) in [6, 6.07) is 8.41. The lowest BCUT2D eigenvalue weighted by Gasteiger charge is -2.13. The summed E-state index contributed by atoms with van der Waals surface area (Å²) in [5, 5.41) is 19.2. The number of rotatable bonds is 3. The van der Waals surface area contributed by atoms with E-state index in [4.69, 9.17) is 23.2 Å². The minimum Gasteiger partial charge on any atom is -0.308 e. The number of nitro benzene ring substituents is 1. The number of hydrazone groups is 1. The van der Waals surface area contributed by atoms with Crippen molar-refractivity contribution in [2.45, 2.75) is 13.3 Å². The molecule has 1 N–H and O–H groups in total.